The van der Waals surface area contributed by atoms with Crippen molar-refractivity contribution >= 4 is 11.9 Å². The van der Waals surface area contributed by atoms with Gasteiger partial charge in [0.15, 0.2) is 0 Å². The van der Waals surface area contributed by atoms with Crippen LogP contribution in [0.1, 0.15) is 26.4 Å². The van der Waals surface area contributed by atoms with Gasteiger partial charge in [-0.1, -0.05) is 18.2 Å². The number of hydrogen-bond acceptors (Lipinski definition) is 4. The van der Waals surface area contributed by atoms with Crippen molar-refractivity contribution in [2.24, 2.45) is 0 Å². The molecule has 1 aromatic heterocycles. The van der Waals surface area contributed by atoms with Crippen LogP contribution < -0.4 is 5.32 Å². The van der Waals surface area contributed by atoms with Crippen molar-refractivity contribution in [3.8, 4) is 0 Å². The van der Waals surface area contributed by atoms with E-state index in [-0.39, 0.29) is 18.0 Å². The lowest BCUT2D eigenvalue weighted by atomic mass is 10.1. The number of carbonyl (C=O) groups is 2. The number of rotatable bonds is 7. The van der Waals surface area contributed by atoms with Crippen LogP contribution in [0, 0.1) is 0 Å². The van der Waals surface area contributed by atoms with Crippen molar-refractivity contribution in [1.29, 1.82) is 0 Å². The topological polar surface area (TPSA) is 83.8 Å². The number of carboxylic acids is 1. The van der Waals surface area contributed by atoms with Crippen LogP contribution in [-0.2, 0) is 17.8 Å². The molecule has 0 radical (unpaired) electrons. The first-order chi connectivity index (χ1) is 12.6. The molecule has 0 spiro atoms. The van der Waals surface area contributed by atoms with E-state index < -0.39 is 5.97 Å². The summed E-state index contributed by atoms with van der Waals surface area (Å²) >= 11 is 0. The molecule has 2 aromatic rings. The van der Waals surface area contributed by atoms with Crippen LogP contribution in [0.3, 0.4) is 0 Å². The zero-order valence-corrected chi connectivity index (χ0v) is 14.6. The van der Waals surface area contributed by atoms with Crippen molar-refractivity contribution in [1.82, 2.24) is 14.8 Å². The molecule has 138 valence electrons. The second-order valence-electron chi connectivity index (χ2n) is 6.19. The summed E-state index contributed by atoms with van der Waals surface area (Å²) in [5, 5.41) is 12.0. The number of aromatic nitrogens is 1. The van der Waals surface area contributed by atoms with E-state index in [9.17, 15) is 14.7 Å². The van der Waals surface area contributed by atoms with Gasteiger partial charge >= 0.3 is 5.97 Å². The van der Waals surface area contributed by atoms with Gasteiger partial charge in [-0.2, -0.15) is 0 Å². The molecule has 2 heterocycles. The molecule has 0 bridgehead atoms. The minimum Gasteiger partial charge on any atom is -0.478 e. The number of aromatic carboxylic acids is 1. The summed E-state index contributed by atoms with van der Waals surface area (Å²) in [6, 6.07) is 10.3. The van der Waals surface area contributed by atoms with Crippen molar-refractivity contribution < 1.29 is 19.4 Å². The number of carboxylic acid groups (broad SMARTS) is 1. The van der Waals surface area contributed by atoms with Crippen molar-refractivity contribution in [2.75, 3.05) is 32.8 Å². The number of hydrogen-bond donors (Lipinski definition) is 2. The molecule has 3 rings (SSSR count). The van der Waals surface area contributed by atoms with Gasteiger partial charge in [0.25, 0.3) is 5.91 Å². The number of carbonyl (C=O) groups excluding carboxylic acids is 1. The summed E-state index contributed by atoms with van der Waals surface area (Å²) in [5.74, 6) is -1.21. The van der Waals surface area contributed by atoms with Gasteiger partial charge in [0, 0.05) is 38.9 Å². The Morgan fingerprint density at radius 3 is 2.62 bits per heavy atom. The maximum Gasteiger partial charge on any atom is 0.336 e. The monoisotopic (exact) mass is 357 g/mol. The first-order valence-electron chi connectivity index (χ1n) is 8.70. The third-order valence-electron chi connectivity index (χ3n) is 4.51. The van der Waals surface area contributed by atoms with Crippen LogP contribution in [0.4, 0.5) is 0 Å². The Hall–Kier alpha value is -2.64. The van der Waals surface area contributed by atoms with Gasteiger partial charge < -0.3 is 19.7 Å². The van der Waals surface area contributed by atoms with E-state index in [1.807, 2.05) is 16.8 Å². The molecule has 1 aliphatic rings. The fourth-order valence-electron chi connectivity index (χ4n) is 3.04. The predicted octanol–water partition coefficient (Wildman–Crippen LogP) is 1.45. The van der Waals surface area contributed by atoms with Gasteiger partial charge in [0.05, 0.1) is 18.8 Å². The second kappa shape index (κ2) is 8.64. The van der Waals surface area contributed by atoms with E-state index in [0.717, 1.165) is 39.4 Å². The molecular formula is C19H23N3O4. The number of amides is 1. The minimum atomic E-state index is -0.997. The number of morpholine rings is 1. The van der Waals surface area contributed by atoms with Crippen LogP contribution in [-0.4, -0.2) is 59.3 Å². The Balaban J connectivity index is 1.59. The molecule has 26 heavy (non-hydrogen) atoms. The molecule has 0 aliphatic carbocycles. The lowest BCUT2D eigenvalue weighted by Crippen LogP contribution is -2.38. The fourth-order valence-corrected chi connectivity index (χ4v) is 3.04. The second-order valence-corrected chi connectivity index (χ2v) is 6.19. The normalized spacial score (nSPS) is 14.9. The van der Waals surface area contributed by atoms with Crippen molar-refractivity contribution in [2.45, 2.75) is 13.1 Å². The number of nitrogens with one attached hydrogen (secondary N) is 1. The Morgan fingerprint density at radius 1 is 1.08 bits per heavy atom. The highest BCUT2D eigenvalue weighted by Gasteiger charge is 2.15. The summed E-state index contributed by atoms with van der Waals surface area (Å²) in [6.07, 6.45) is 1.89. The lowest BCUT2D eigenvalue weighted by Gasteiger charge is -2.26. The molecule has 1 aliphatic heterocycles. The smallest absolute Gasteiger partial charge is 0.336 e. The van der Waals surface area contributed by atoms with Crippen LogP contribution in [0.5, 0.6) is 0 Å². The van der Waals surface area contributed by atoms with Crippen LogP contribution in [0.25, 0.3) is 0 Å². The Morgan fingerprint density at radius 2 is 1.85 bits per heavy atom. The molecule has 0 unspecified atom stereocenters. The summed E-state index contributed by atoms with van der Waals surface area (Å²) < 4.78 is 7.27. The number of nitrogens with zero attached hydrogens (tertiary/aromatic N) is 2. The van der Waals surface area contributed by atoms with Gasteiger partial charge in [-0.05, 0) is 23.8 Å². The molecule has 1 amide bonds. The molecule has 7 nitrogen and oxygen atoms in total. The zero-order chi connectivity index (χ0) is 18.4. The molecule has 2 N–H and O–H groups in total. The first-order valence-corrected chi connectivity index (χ1v) is 8.70. The van der Waals surface area contributed by atoms with Gasteiger partial charge in [-0.25, -0.2) is 4.79 Å². The summed E-state index contributed by atoms with van der Waals surface area (Å²) in [4.78, 5) is 26.1. The largest absolute Gasteiger partial charge is 0.478 e. The lowest BCUT2D eigenvalue weighted by molar-refractivity contribution is 0.0363. The zero-order valence-electron chi connectivity index (χ0n) is 14.6. The van der Waals surface area contributed by atoms with E-state index in [1.54, 1.807) is 24.3 Å². The number of benzene rings is 1. The van der Waals surface area contributed by atoms with Gasteiger partial charge in [-0.3, -0.25) is 9.69 Å². The molecule has 1 aromatic carbocycles. The quantitative estimate of drug-likeness (QED) is 0.784. The van der Waals surface area contributed by atoms with Crippen molar-refractivity contribution in [3.05, 3.63) is 59.4 Å². The Kier molecular flexibility index (Phi) is 6.04. The van der Waals surface area contributed by atoms with Crippen LogP contribution >= 0.6 is 0 Å². The van der Waals surface area contributed by atoms with E-state index in [0.29, 0.717) is 11.3 Å². The fraction of sp³-hybridized carbons (Fsp3) is 0.368. The average Bonchev–Trinajstić information content (AvgIpc) is 3.14. The van der Waals surface area contributed by atoms with Crippen molar-refractivity contribution in [3.63, 3.8) is 0 Å². The van der Waals surface area contributed by atoms with E-state index >= 15 is 0 Å². The molecule has 1 saturated heterocycles. The average molecular weight is 357 g/mol. The summed E-state index contributed by atoms with van der Waals surface area (Å²) in [7, 11) is 0. The molecule has 0 atom stereocenters. The van der Waals surface area contributed by atoms with Gasteiger partial charge in [0.1, 0.15) is 5.69 Å². The predicted molar refractivity (Wildman–Crippen MR) is 96.3 cm³/mol. The Bertz CT molecular complexity index is 766. The molecule has 7 heteroatoms. The van der Waals surface area contributed by atoms with Crippen LogP contribution in [0.2, 0.25) is 0 Å². The van der Waals surface area contributed by atoms with E-state index in [2.05, 4.69) is 10.2 Å². The molecular weight excluding hydrogens is 334 g/mol. The maximum atomic E-state index is 12.5. The third kappa shape index (κ3) is 4.50. The summed E-state index contributed by atoms with van der Waals surface area (Å²) in [6.45, 7) is 5.09. The van der Waals surface area contributed by atoms with E-state index in [1.165, 1.54) is 6.07 Å². The SMILES string of the molecule is O=C(O)c1ccccc1CNC(=O)c1cccn1CCN1CCOCC1. The van der Waals surface area contributed by atoms with Crippen LogP contribution in [0.15, 0.2) is 42.6 Å². The maximum absolute atomic E-state index is 12.5. The van der Waals surface area contributed by atoms with Gasteiger partial charge in [0.2, 0.25) is 0 Å². The summed E-state index contributed by atoms with van der Waals surface area (Å²) in [5.41, 5.74) is 1.36. The number of ether oxygens (including phenoxy) is 1. The molecule has 1 fully saturated rings. The third-order valence-corrected chi connectivity index (χ3v) is 4.51. The standard InChI is InChI=1S/C19H23N3O4/c23-18(20-14-15-4-1-2-5-16(15)19(24)25)17-6-3-7-22(17)9-8-21-10-12-26-13-11-21/h1-7H,8-14H2,(H,20,23)(H,24,25). The van der Waals surface area contributed by atoms with Gasteiger partial charge in [-0.15, -0.1) is 0 Å². The highest BCUT2D eigenvalue weighted by molar-refractivity contribution is 5.93. The molecule has 0 saturated carbocycles. The minimum absolute atomic E-state index is 0.177. The Labute approximate surface area is 152 Å². The highest BCUT2D eigenvalue weighted by atomic mass is 16.5. The first kappa shape index (κ1) is 18.2. The van der Waals surface area contributed by atoms with E-state index in [4.69, 9.17) is 4.74 Å². The highest BCUT2D eigenvalue weighted by Crippen LogP contribution is 2.10.